The van der Waals surface area contributed by atoms with Gasteiger partial charge in [0, 0.05) is 31.1 Å². The molecule has 0 amide bonds. The van der Waals surface area contributed by atoms with Crippen LogP contribution in [0.5, 0.6) is 0 Å². The second-order valence-electron chi connectivity index (χ2n) is 4.85. The molecule has 1 aromatic rings. The highest BCUT2D eigenvalue weighted by molar-refractivity contribution is 8.00. The summed E-state index contributed by atoms with van der Waals surface area (Å²) in [4.78, 5) is 1.17. The Morgan fingerprint density at radius 3 is 1.91 bits per heavy atom. The van der Waals surface area contributed by atoms with Crippen molar-refractivity contribution in [3.63, 3.8) is 0 Å². The molecule has 0 unspecified atom stereocenters. The average molecular weight is 381 g/mol. The third-order valence-corrected chi connectivity index (χ3v) is 4.00. The topological polar surface area (TPSA) is 15.3 Å². The van der Waals surface area contributed by atoms with Gasteiger partial charge in [-0.1, -0.05) is 12.1 Å². The lowest BCUT2D eigenvalue weighted by molar-refractivity contribution is -0.187. The number of thioether (sulfide) groups is 1. The average Bonchev–Trinajstić information content (AvgIpc) is 2.39. The van der Waals surface area contributed by atoms with Crippen LogP contribution in [0.2, 0.25) is 0 Å². The first-order valence-corrected chi connectivity index (χ1v) is 7.36. The summed E-state index contributed by atoms with van der Waals surface area (Å²) >= 11 is -0.341. The van der Waals surface area contributed by atoms with Crippen molar-refractivity contribution in [1.82, 2.24) is 10.2 Å². The molecule has 132 valence electrons. The molecule has 0 radical (unpaired) electrons. The molecule has 1 aromatic carbocycles. The third-order valence-electron chi connectivity index (χ3n) is 3.26. The molecule has 0 saturated carbocycles. The lowest BCUT2D eigenvalue weighted by Crippen LogP contribution is -2.49. The Hall–Kier alpha value is -0.640. The van der Waals surface area contributed by atoms with E-state index in [1.807, 2.05) is 0 Å². The minimum absolute atomic E-state index is 0. The zero-order valence-electron chi connectivity index (χ0n) is 11.7. The molecule has 1 aliphatic heterocycles. The minimum atomic E-state index is -4.48. The minimum Gasteiger partial charge on any atom is -0.314 e. The number of nitrogens with zero attached hydrogens (tertiary/aromatic N) is 1. The van der Waals surface area contributed by atoms with Crippen molar-refractivity contribution in [2.75, 3.05) is 26.2 Å². The molecule has 1 N–H and O–H groups in total. The fraction of sp³-hybridized carbons (Fsp3) is 0.538. The van der Waals surface area contributed by atoms with Gasteiger partial charge < -0.3 is 5.32 Å². The number of alkyl halides is 6. The molecule has 1 aliphatic rings. The van der Waals surface area contributed by atoms with E-state index in [1.54, 1.807) is 0 Å². The first kappa shape index (κ1) is 20.4. The van der Waals surface area contributed by atoms with E-state index in [0.717, 1.165) is 24.3 Å². The van der Waals surface area contributed by atoms with Crippen molar-refractivity contribution in [2.45, 2.75) is 22.6 Å². The maximum Gasteiger partial charge on any atom is 0.446 e. The fourth-order valence-electron chi connectivity index (χ4n) is 2.40. The van der Waals surface area contributed by atoms with Gasteiger partial charge in [0.15, 0.2) is 0 Å². The number of hydrogen-bond donors (Lipinski definition) is 1. The third kappa shape index (κ3) is 6.06. The molecule has 23 heavy (non-hydrogen) atoms. The molecule has 2 nitrogen and oxygen atoms in total. The maximum absolute atomic E-state index is 13.3. The van der Waals surface area contributed by atoms with Gasteiger partial charge >= 0.3 is 11.7 Å². The fourth-order valence-corrected chi connectivity index (χ4v) is 2.94. The normalized spacial score (nSPS) is 18.3. The highest BCUT2D eigenvalue weighted by Gasteiger charge is 2.44. The van der Waals surface area contributed by atoms with Crippen LogP contribution in [0.3, 0.4) is 0 Å². The molecule has 0 aromatic heterocycles. The number of nitrogens with one attached hydrogen (secondary N) is 1. The summed E-state index contributed by atoms with van der Waals surface area (Å²) < 4.78 is 76.7. The number of benzene rings is 1. The van der Waals surface area contributed by atoms with Crippen LogP contribution in [0.15, 0.2) is 29.2 Å². The Kier molecular flexibility index (Phi) is 7.06. The quantitative estimate of drug-likeness (QED) is 0.624. The van der Waals surface area contributed by atoms with E-state index in [1.165, 1.54) is 4.90 Å². The highest BCUT2D eigenvalue weighted by atomic mass is 35.5. The van der Waals surface area contributed by atoms with Gasteiger partial charge in [0.2, 0.25) is 0 Å². The predicted octanol–water partition coefficient (Wildman–Crippen LogP) is 4.23. The first-order valence-electron chi connectivity index (χ1n) is 6.54. The van der Waals surface area contributed by atoms with Crippen LogP contribution >= 0.6 is 24.2 Å². The van der Waals surface area contributed by atoms with Crippen molar-refractivity contribution >= 4 is 24.2 Å². The molecule has 10 heteroatoms. The standard InChI is InChI=1S/C13H14F6N2S.ClH/c14-12(15,16)11(21-7-5-20-6-8-21)9-1-3-10(4-2-9)22-13(17,18)19;/h1-4,11,20H,5-8H2;1H/t11-;/m0./s1. The van der Waals surface area contributed by atoms with Gasteiger partial charge in [-0.2, -0.15) is 26.3 Å². The Morgan fingerprint density at radius 1 is 0.957 bits per heavy atom. The lowest BCUT2D eigenvalue weighted by atomic mass is 10.0. The van der Waals surface area contributed by atoms with Crippen LogP contribution in [-0.2, 0) is 0 Å². The first-order chi connectivity index (χ1) is 10.2. The summed E-state index contributed by atoms with van der Waals surface area (Å²) in [5.74, 6) is 0. The van der Waals surface area contributed by atoms with Gasteiger partial charge in [0.25, 0.3) is 0 Å². The second kappa shape index (κ2) is 7.96. The van der Waals surface area contributed by atoms with Gasteiger partial charge in [0.1, 0.15) is 6.04 Å². The Morgan fingerprint density at radius 2 is 1.48 bits per heavy atom. The van der Waals surface area contributed by atoms with Gasteiger partial charge in [-0.05, 0) is 29.5 Å². The van der Waals surface area contributed by atoms with Crippen LogP contribution in [0.4, 0.5) is 26.3 Å². The van der Waals surface area contributed by atoms with Crippen molar-refractivity contribution in [1.29, 1.82) is 0 Å². The van der Waals surface area contributed by atoms with Gasteiger partial charge in [-0.3, -0.25) is 4.90 Å². The molecule has 1 heterocycles. The van der Waals surface area contributed by atoms with E-state index in [0.29, 0.717) is 13.1 Å². The van der Waals surface area contributed by atoms with Crippen molar-refractivity contribution in [3.05, 3.63) is 29.8 Å². The van der Waals surface area contributed by atoms with Crippen LogP contribution in [0.1, 0.15) is 11.6 Å². The van der Waals surface area contributed by atoms with Crippen LogP contribution in [0.25, 0.3) is 0 Å². The van der Waals surface area contributed by atoms with E-state index in [-0.39, 0.29) is 47.7 Å². The van der Waals surface area contributed by atoms with Crippen LogP contribution < -0.4 is 5.32 Å². The molecular formula is C13H15ClF6N2S. The van der Waals surface area contributed by atoms with E-state index < -0.39 is 17.7 Å². The summed E-state index contributed by atoms with van der Waals surface area (Å²) in [6.45, 7) is 1.38. The largest absolute Gasteiger partial charge is 0.446 e. The molecule has 2 rings (SSSR count). The number of halogens is 7. The summed E-state index contributed by atoms with van der Waals surface area (Å²) in [5, 5.41) is 2.97. The highest BCUT2D eigenvalue weighted by Crippen LogP contribution is 2.40. The number of piperazine rings is 1. The summed E-state index contributed by atoms with van der Waals surface area (Å²) in [5.41, 5.74) is -4.50. The van der Waals surface area contributed by atoms with Crippen LogP contribution in [0, 0.1) is 0 Å². The van der Waals surface area contributed by atoms with E-state index >= 15 is 0 Å². The molecule has 0 bridgehead atoms. The van der Waals surface area contributed by atoms with Crippen molar-refractivity contribution < 1.29 is 26.3 Å². The van der Waals surface area contributed by atoms with Crippen LogP contribution in [-0.4, -0.2) is 42.8 Å². The molecular weight excluding hydrogens is 366 g/mol. The Balaban J connectivity index is 0.00000264. The van der Waals surface area contributed by atoms with Gasteiger partial charge in [0.05, 0.1) is 0 Å². The maximum atomic E-state index is 13.3. The zero-order valence-corrected chi connectivity index (χ0v) is 13.4. The van der Waals surface area contributed by atoms with E-state index in [9.17, 15) is 26.3 Å². The van der Waals surface area contributed by atoms with Crippen molar-refractivity contribution in [2.24, 2.45) is 0 Å². The smallest absolute Gasteiger partial charge is 0.314 e. The monoisotopic (exact) mass is 380 g/mol. The predicted molar refractivity (Wildman–Crippen MR) is 78.8 cm³/mol. The van der Waals surface area contributed by atoms with Crippen molar-refractivity contribution in [3.8, 4) is 0 Å². The summed E-state index contributed by atoms with van der Waals surface area (Å²) in [6, 6.07) is 2.60. The number of hydrogen-bond acceptors (Lipinski definition) is 3. The lowest BCUT2D eigenvalue weighted by Gasteiger charge is -2.36. The summed E-state index contributed by atoms with van der Waals surface area (Å²) in [6.07, 6.45) is -4.48. The van der Waals surface area contributed by atoms with Gasteiger partial charge in [-0.15, -0.1) is 12.4 Å². The molecule has 1 fully saturated rings. The SMILES string of the molecule is Cl.FC(F)(F)Sc1ccc([C@H](N2CCNCC2)C(F)(F)F)cc1. The zero-order chi connectivity index (χ0) is 16.4. The summed E-state index contributed by atoms with van der Waals surface area (Å²) in [7, 11) is 0. The number of rotatable bonds is 3. The Labute approximate surface area is 140 Å². The molecule has 0 aliphatic carbocycles. The Bertz CT molecular complexity index is 485. The molecule has 0 spiro atoms. The molecule has 1 atom stereocenters. The molecule has 1 saturated heterocycles. The van der Waals surface area contributed by atoms with E-state index in [2.05, 4.69) is 5.32 Å². The second-order valence-corrected chi connectivity index (χ2v) is 5.99. The van der Waals surface area contributed by atoms with E-state index in [4.69, 9.17) is 0 Å². The van der Waals surface area contributed by atoms with Gasteiger partial charge in [-0.25, -0.2) is 0 Å².